The predicted octanol–water partition coefficient (Wildman–Crippen LogP) is 2.50. The van der Waals surface area contributed by atoms with Crippen molar-refractivity contribution in [3.05, 3.63) is 52.6 Å². The molecule has 0 aliphatic carbocycles. The van der Waals surface area contributed by atoms with E-state index in [1.807, 2.05) is 0 Å². The fourth-order valence-corrected chi connectivity index (χ4v) is 2.27. The van der Waals surface area contributed by atoms with E-state index in [0.29, 0.717) is 17.2 Å². The van der Waals surface area contributed by atoms with E-state index in [4.69, 9.17) is 26.4 Å². The van der Waals surface area contributed by atoms with Crippen molar-refractivity contribution >= 4 is 34.6 Å². The number of carbonyl (C=O) groups excluding carboxylic acids is 1. The van der Waals surface area contributed by atoms with Gasteiger partial charge in [0.05, 0.1) is 24.8 Å². The van der Waals surface area contributed by atoms with Crippen molar-refractivity contribution in [1.29, 1.82) is 0 Å². The number of rotatable bonds is 7. The lowest BCUT2D eigenvalue weighted by molar-refractivity contribution is -0.384. The van der Waals surface area contributed by atoms with E-state index in [1.54, 1.807) is 31.4 Å². The Morgan fingerprint density at radius 3 is 2.37 bits per heavy atom. The van der Waals surface area contributed by atoms with Gasteiger partial charge in [-0.2, -0.15) is 0 Å². The first-order chi connectivity index (χ1) is 12.9. The van der Waals surface area contributed by atoms with E-state index in [2.05, 4.69) is 10.6 Å². The summed E-state index contributed by atoms with van der Waals surface area (Å²) in [5.41, 5.74) is 0.114. The molecular weight excluding hydrogens is 374 g/mol. The Hall–Kier alpha value is -3.40. The number of methoxy groups -OCH3 is 2. The van der Waals surface area contributed by atoms with Crippen LogP contribution < -0.4 is 24.8 Å². The van der Waals surface area contributed by atoms with Gasteiger partial charge in [-0.25, -0.2) is 0 Å². The Balaban J connectivity index is 1.91. The van der Waals surface area contributed by atoms with Crippen LogP contribution in [0.1, 0.15) is 0 Å². The number of ether oxygens (including phenoxy) is 3. The second-order valence-electron chi connectivity index (χ2n) is 5.11. The summed E-state index contributed by atoms with van der Waals surface area (Å²) >= 11 is 5.05. The van der Waals surface area contributed by atoms with Crippen molar-refractivity contribution < 1.29 is 23.9 Å². The topological polar surface area (TPSA) is 112 Å². The van der Waals surface area contributed by atoms with E-state index in [9.17, 15) is 14.9 Å². The van der Waals surface area contributed by atoms with Crippen molar-refractivity contribution in [2.45, 2.75) is 0 Å². The maximum atomic E-state index is 11.9. The molecule has 0 unspecified atom stereocenters. The van der Waals surface area contributed by atoms with Gasteiger partial charge in [0.1, 0.15) is 17.2 Å². The summed E-state index contributed by atoms with van der Waals surface area (Å²) in [4.78, 5) is 22.3. The summed E-state index contributed by atoms with van der Waals surface area (Å²) in [6.45, 7) is -0.264. The molecule has 0 fully saturated rings. The van der Waals surface area contributed by atoms with Crippen LogP contribution in [0.25, 0.3) is 0 Å². The number of nitro benzene ring substituents is 1. The molecule has 0 spiro atoms. The molecule has 2 N–H and O–H groups in total. The lowest BCUT2D eigenvalue weighted by Crippen LogP contribution is -2.37. The Morgan fingerprint density at radius 1 is 1.11 bits per heavy atom. The van der Waals surface area contributed by atoms with Gasteiger partial charge in [-0.05, 0) is 42.5 Å². The van der Waals surface area contributed by atoms with Gasteiger partial charge in [-0.3, -0.25) is 20.2 Å². The highest BCUT2D eigenvalue weighted by Gasteiger charge is 2.13. The first-order valence-electron chi connectivity index (χ1n) is 7.63. The van der Waals surface area contributed by atoms with E-state index >= 15 is 0 Å². The summed E-state index contributed by atoms with van der Waals surface area (Å²) in [5.74, 6) is 1.01. The van der Waals surface area contributed by atoms with Crippen LogP contribution in [0.15, 0.2) is 42.5 Å². The smallest absolute Gasteiger partial charge is 0.271 e. The van der Waals surface area contributed by atoms with E-state index in [1.165, 1.54) is 25.3 Å². The molecule has 27 heavy (non-hydrogen) atoms. The molecule has 1 amide bonds. The van der Waals surface area contributed by atoms with Crippen LogP contribution in [-0.2, 0) is 4.79 Å². The SMILES string of the molecule is COc1ccc(OCC(=O)NC(=S)Nc2cc([N+](=O)[O-])ccc2OC)cc1. The minimum Gasteiger partial charge on any atom is -0.497 e. The van der Waals surface area contributed by atoms with Gasteiger partial charge in [0, 0.05) is 12.1 Å². The number of non-ortho nitro benzene ring substituents is 1. The second kappa shape index (κ2) is 9.34. The summed E-state index contributed by atoms with van der Waals surface area (Å²) in [7, 11) is 2.96. The molecule has 2 aromatic carbocycles. The average molecular weight is 391 g/mol. The number of amides is 1. The summed E-state index contributed by atoms with van der Waals surface area (Å²) in [6, 6.07) is 10.7. The number of thiocarbonyl (C=S) groups is 1. The number of nitro groups is 1. The number of carbonyl (C=O) groups is 1. The lowest BCUT2D eigenvalue weighted by atomic mass is 10.2. The highest BCUT2D eigenvalue weighted by atomic mass is 32.1. The predicted molar refractivity (Wildman–Crippen MR) is 103 cm³/mol. The standard InChI is InChI=1S/C17H17N3O6S/c1-24-12-4-6-13(7-5-12)26-10-16(21)19-17(27)18-14-9-11(20(22)23)3-8-15(14)25-2/h3-9H,10H2,1-2H3,(H2,18,19,21,27). The molecule has 9 nitrogen and oxygen atoms in total. The maximum Gasteiger partial charge on any atom is 0.271 e. The first-order valence-corrected chi connectivity index (χ1v) is 8.04. The van der Waals surface area contributed by atoms with Crippen LogP contribution in [0, 0.1) is 10.1 Å². The molecule has 0 heterocycles. The van der Waals surface area contributed by atoms with Crippen LogP contribution in [0.3, 0.4) is 0 Å². The molecule has 142 valence electrons. The van der Waals surface area contributed by atoms with Crippen molar-refractivity contribution in [1.82, 2.24) is 5.32 Å². The number of nitrogens with one attached hydrogen (secondary N) is 2. The number of nitrogens with zero attached hydrogens (tertiary/aromatic N) is 1. The summed E-state index contributed by atoms with van der Waals surface area (Å²) < 4.78 is 15.5. The fourth-order valence-electron chi connectivity index (χ4n) is 2.04. The molecule has 0 saturated heterocycles. The molecular formula is C17H17N3O6S. The van der Waals surface area contributed by atoms with Gasteiger partial charge < -0.3 is 19.5 Å². The van der Waals surface area contributed by atoms with E-state index in [0.717, 1.165) is 0 Å². The maximum absolute atomic E-state index is 11.9. The summed E-state index contributed by atoms with van der Waals surface area (Å²) in [6.07, 6.45) is 0. The normalized spacial score (nSPS) is 9.85. The molecule has 0 saturated carbocycles. The largest absolute Gasteiger partial charge is 0.497 e. The number of hydrogen-bond acceptors (Lipinski definition) is 7. The molecule has 10 heteroatoms. The minimum absolute atomic E-state index is 0.0443. The Labute approximate surface area is 160 Å². The first kappa shape index (κ1) is 19.9. The monoisotopic (exact) mass is 391 g/mol. The second-order valence-corrected chi connectivity index (χ2v) is 5.52. The van der Waals surface area contributed by atoms with Crippen molar-refractivity contribution in [3.63, 3.8) is 0 Å². The highest BCUT2D eigenvalue weighted by molar-refractivity contribution is 7.80. The Kier molecular flexibility index (Phi) is 6.89. The fraction of sp³-hybridized carbons (Fsp3) is 0.176. The summed E-state index contributed by atoms with van der Waals surface area (Å²) in [5, 5.41) is 16.0. The third kappa shape index (κ3) is 5.82. The van der Waals surface area contributed by atoms with Gasteiger partial charge in [0.25, 0.3) is 11.6 Å². The Bertz CT molecular complexity index is 841. The van der Waals surface area contributed by atoms with Crippen LogP contribution >= 0.6 is 12.2 Å². The zero-order valence-electron chi connectivity index (χ0n) is 14.6. The molecule has 0 atom stereocenters. The molecule has 0 aliphatic rings. The molecule has 2 aromatic rings. The van der Waals surface area contributed by atoms with Crippen LogP contribution in [-0.4, -0.2) is 36.8 Å². The molecule has 2 rings (SSSR count). The average Bonchev–Trinajstić information content (AvgIpc) is 2.66. The minimum atomic E-state index is -0.547. The van der Waals surface area contributed by atoms with Gasteiger partial charge in [0.2, 0.25) is 0 Å². The van der Waals surface area contributed by atoms with Crippen molar-refractivity contribution in [2.75, 3.05) is 26.1 Å². The van der Waals surface area contributed by atoms with Crippen molar-refractivity contribution in [3.8, 4) is 17.2 Å². The number of benzene rings is 2. The van der Waals surface area contributed by atoms with E-state index < -0.39 is 10.8 Å². The quantitative estimate of drug-likeness (QED) is 0.421. The molecule has 0 aliphatic heterocycles. The molecule has 0 bridgehead atoms. The van der Waals surface area contributed by atoms with Crippen LogP contribution in [0.2, 0.25) is 0 Å². The zero-order chi connectivity index (χ0) is 19.8. The van der Waals surface area contributed by atoms with Crippen LogP contribution in [0.5, 0.6) is 17.2 Å². The van der Waals surface area contributed by atoms with Gasteiger partial charge in [-0.1, -0.05) is 0 Å². The highest BCUT2D eigenvalue weighted by Crippen LogP contribution is 2.28. The number of hydrogen-bond donors (Lipinski definition) is 2. The Morgan fingerprint density at radius 2 is 1.78 bits per heavy atom. The molecule has 0 aromatic heterocycles. The third-order valence-electron chi connectivity index (χ3n) is 3.32. The number of anilines is 1. The van der Waals surface area contributed by atoms with E-state index in [-0.39, 0.29) is 23.1 Å². The van der Waals surface area contributed by atoms with Crippen molar-refractivity contribution in [2.24, 2.45) is 0 Å². The van der Waals surface area contributed by atoms with Gasteiger partial charge in [0.15, 0.2) is 11.7 Å². The lowest BCUT2D eigenvalue weighted by Gasteiger charge is -2.13. The molecule has 0 radical (unpaired) electrons. The van der Waals surface area contributed by atoms with Gasteiger partial charge in [-0.15, -0.1) is 0 Å². The third-order valence-corrected chi connectivity index (χ3v) is 3.53. The zero-order valence-corrected chi connectivity index (χ0v) is 15.4. The van der Waals surface area contributed by atoms with Gasteiger partial charge >= 0.3 is 0 Å². The van der Waals surface area contributed by atoms with Crippen LogP contribution in [0.4, 0.5) is 11.4 Å².